The second-order valence-corrected chi connectivity index (χ2v) is 6.35. The van der Waals surface area contributed by atoms with E-state index in [2.05, 4.69) is 35.7 Å². The topological polar surface area (TPSA) is 119 Å². The number of hydrogen-bond acceptors (Lipinski definition) is 7. The van der Waals surface area contributed by atoms with Crippen LogP contribution in [0.25, 0.3) is 21.8 Å². The Balaban J connectivity index is 1.58. The summed E-state index contributed by atoms with van der Waals surface area (Å²) in [6, 6.07) is 1.80. The number of aromatic nitrogens is 4. The largest absolute Gasteiger partial charge is 0.477 e. The van der Waals surface area contributed by atoms with E-state index in [0.29, 0.717) is 23.3 Å². The zero-order chi connectivity index (χ0) is 17.9. The lowest BCUT2D eigenvalue weighted by Gasteiger charge is -2.27. The third-order valence-electron chi connectivity index (χ3n) is 4.66. The molecule has 0 aromatic carbocycles. The van der Waals surface area contributed by atoms with Gasteiger partial charge in [0, 0.05) is 50.5 Å². The van der Waals surface area contributed by atoms with Crippen LogP contribution in [0, 0.1) is 0 Å². The van der Waals surface area contributed by atoms with E-state index in [4.69, 9.17) is 0 Å². The minimum atomic E-state index is -1.05. The van der Waals surface area contributed by atoms with Gasteiger partial charge >= 0.3 is 5.97 Å². The minimum absolute atomic E-state index is 0.0443. The first-order valence-electron chi connectivity index (χ1n) is 8.76. The van der Waals surface area contributed by atoms with Crippen molar-refractivity contribution in [3.05, 3.63) is 24.2 Å². The summed E-state index contributed by atoms with van der Waals surface area (Å²) in [5.74, 6) is -0.508. The summed E-state index contributed by atoms with van der Waals surface area (Å²) in [7, 11) is 0. The van der Waals surface area contributed by atoms with Gasteiger partial charge in [0.1, 0.15) is 11.3 Å². The molecule has 26 heavy (non-hydrogen) atoms. The van der Waals surface area contributed by atoms with E-state index in [0.717, 1.165) is 50.0 Å². The number of hydrogen-bond donors (Lipinski definition) is 4. The van der Waals surface area contributed by atoms with Crippen LogP contribution in [0.4, 0.5) is 5.82 Å². The highest BCUT2D eigenvalue weighted by Gasteiger charge is 2.19. The molecule has 9 nitrogen and oxygen atoms in total. The van der Waals surface area contributed by atoms with Crippen molar-refractivity contribution in [2.24, 2.45) is 0 Å². The fourth-order valence-corrected chi connectivity index (χ4v) is 3.34. The van der Waals surface area contributed by atoms with Gasteiger partial charge in [0.15, 0.2) is 5.69 Å². The Morgan fingerprint density at radius 1 is 1.35 bits per heavy atom. The molecule has 0 spiro atoms. The number of H-pyrrole nitrogens is 1. The van der Waals surface area contributed by atoms with Crippen molar-refractivity contribution in [2.75, 3.05) is 44.6 Å². The van der Waals surface area contributed by atoms with Crippen molar-refractivity contribution in [1.82, 2.24) is 30.4 Å². The molecule has 0 aliphatic carbocycles. The number of aromatic amines is 1. The van der Waals surface area contributed by atoms with E-state index in [1.54, 1.807) is 18.5 Å². The maximum absolute atomic E-state index is 11.5. The highest BCUT2D eigenvalue weighted by Crippen LogP contribution is 2.29. The molecule has 0 radical (unpaired) electrons. The minimum Gasteiger partial charge on any atom is -0.477 e. The van der Waals surface area contributed by atoms with Crippen LogP contribution in [0.3, 0.4) is 0 Å². The number of aromatic carboxylic acids is 1. The predicted octanol–water partition coefficient (Wildman–Crippen LogP) is 0.911. The summed E-state index contributed by atoms with van der Waals surface area (Å²) < 4.78 is 0. The Morgan fingerprint density at radius 3 is 3.00 bits per heavy atom. The van der Waals surface area contributed by atoms with Gasteiger partial charge in [0.25, 0.3) is 0 Å². The van der Waals surface area contributed by atoms with Crippen LogP contribution < -0.4 is 10.6 Å². The number of anilines is 1. The Kier molecular flexibility index (Phi) is 4.63. The van der Waals surface area contributed by atoms with Gasteiger partial charge in [0.05, 0.1) is 10.9 Å². The molecule has 3 aromatic rings. The van der Waals surface area contributed by atoms with Crippen LogP contribution in [0.2, 0.25) is 0 Å². The highest BCUT2D eigenvalue weighted by molar-refractivity contribution is 6.14. The Labute approximate surface area is 149 Å². The molecule has 0 amide bonds. The second-order valence-electron chi connectivity index (χ2n) is 6.35. The van der Waals surface area contributed by atoms with Crippen molar-refractivity contribution in [1.29, 1.82) is 0 Å². The van der Waals surface area contributed by atoms with Gasteiger partial charge in [-0.1, -0.05) is 0 Å². The molecule has 136 valence electrons. The molecule has 4 heterocycles. The summed E-state index contributed by atoms with van der Waals surface area (Å²) in [5.41, 5.74) is 1.36. The standard InChI is InChI=1S/C17H21N7O2/c25-17(26)15-13-14(22-23-15)11-10-19-4-2-12(11)21-16(13)20-3-1-7-24-8-5-18-6-9-24/h2,4,10,18H,1,3,5-9H2,(H,20,21)(H,22,23)(H,25,26). The lowest BCUT2D eigenvalue weighted by Crippen LogP contribution is -2.44. The molecule has 3 aromatic heterocycles. The third kappa shape index (κ3) is 3.18. The number of pyridine rings is 2. The second kappa shape index (κ2) is 7.22. The Hall–Kier alpha value is -2.78. The van der Waals surface area contributed by atoms with E-state index in [9.17, 15) is 9.90 Å². The fourth-order valence-electron chi connectivity index (χ4n) is 3.34. The first-order chi connectivity index (χ1) is 12.7. The van der Waals surface area contributed by atoms with Crippen LogP contribution in [-0.2, 0) is 0 Å². The molecule has 1 aliphatic heterocycles. The smallest absolute Gasteiger partial charge is 0.354 e. The van der Waals surface area contributed by atoms with Crippen LogP contribution in [0.1, 0.15) is 16.9 Å². The van der Waals surface area contributed by atoms with Gasteiger partial charge in [-0.05, 0) is 19.0 Å². The van der Waals surface area contributed by atoms with Gasteiger partial charge in [-0.3, -0.25) is 10.1 Å². The van der Waals surface area contributed by atoms with E-state index in [-0.39, 0.29) is 5.69 Å². The normalized spacial score (nSPS) is 15.5. The SMILES string of the molecule is O=C(O)c1[nH]nc2c1c(NCCCN1CCNCC1)nc1ccncc12. The molecular formula is C17H21N7O2. The molecule has 1 aliphatic rings. The molecule has 9 heteroatoms. The van der Waals surface area contributed by atoms with Crippen LogP contribution >= 0.6 is 0 Å². The number of fused-ring (bicyclic) bond motifs is 3. The molecule has 1 saturated heterocycles. The van der Waals surface area contributed by atoms with E-state index >= 15 is 0 Å². The summed E-state index contributed by atoms with van der Waals surface area (Å²) in [6.45, 7) is 5.92. The van der Waals surface area contributed by atoms with Crippen molar-refractivity contribution < 1.29 is 9.90 Å². The molecule has 4 rings (SSSR count). The molecule has 4 N–H and O–H groups in total. The van der Waals surface area contributed by atoms with Crippen LogP contribution in [0.5, 0.6) is 0 Å². The molecular weight excluding hydrogens is 334 g/mol. The van der Waals surface area contributed by atoms with Gasteiger partial charge in [-0.15, -0.1) is 0 Å². The first kappa shape index (κ1) is 16.7. The zero-order valence-corrected chi connectivity index (χ0v) is 14.3. The number of nitrogens with one attached hydrogen (secondary N) is 3. The Bertz CT molecular complexity index is 933. The van der Waals surface area contributed by atoms with Gasteiger partial charge in [-0.2, -0.15) is 5.10 Å². The van der Waals surface area contributed by atoms with Gasteiger partial charge in [-0.25, -0.2) is 9.78 Å². The lowest BCUT2D eigenvalue weighted by molar-refractivity contribution is 0.0692. The zero-order valence-electron chi connectivity index (χ0n) is 14.3. The summed E-state index contributed by atoms with van der Waals surface area (Å²) >= 11 is 0. The molecule has 0 unspecified atom stereocenters. The van der Waals surface area contributed by atoms with E-state index < -0.39 is 5.97 Å². The van der Waals surface area contributed by atoms with Crippen molar-refractivity contribution in [2.45, 2.75) is 6.42 Å². The summed E-state index contributed by atoms with van der Waals surface area (Å²) in [5, 5.41) is 24.1. The van der Waals surface area contributed by atoms with E-state index in [1.165, 1.54) is 0 Å². The third-order valence-corrected chi connectivity index (χ3v) is 4.66. The van der Waals surface area contributed by atoms with Crippen LogP contribution in [-0.4, -0.2) is 75.4 Å². The fraction of sp³-hybridized carbons (Fsp3) is 0.412. The number of carbonyl (C=O) groups is 1. The maximum Gasteiger partial charge on any atom is 0.354 e. The summed E-state index contributed by atoms with van der Waals surface area (Å²) in [4.78, 5) is 22.7. The average Bonchev–Trinajstić information content (AvgIpc) is 3.12. The molecule has 0 bridgehead atoms. The predicted molar refractivity (Wildman–Crippen MR) is 98.6 cm³/mol. The number of rotatable bonds is 6. The van der Waals surface area contributed by atoms with Crippen molar-refractivity contribution in [3.63, 3.8) is 0 Å². The van der Waals surface area contributed by atoms with E-state index in [1.807, 2.05) is 0 Å². The van der Waals surface area contributed by atoms with Crippen molar-refractivity contribution in [3.8, 4) is 0 Å². The first-order valence-corrected chi connectivity index (χ1v) is 8.76. The van der Waals surface area contributed by atoms with Crippen LogP contribution in [0.15, 0.2) is 18.5 Å². The average molecular weight is 355 g/mol. The Morgan fingerprint density at radius 2 is 2.19 bits per heavy atom. The van der Waals surface area contributed by atoms with Crippen molar-refractivity contribution >= 4 is 33.6 Å². The van der Waals surface area contributed by atoms with Gasteiger partial charge in [0.2, 0.25) is 0 Å². The molecule has 0 saturated carbocycles. The number of nitrogens with zero attached hydrogens (tertiary/aromatic N) is 4. The highest BCUT2D eigenvalue weighted by atomic mass is 16.4. The van der Waals surface area contributed by atoms with Gasteiger partial charge < -0.3 is 20.6 Å². The number of carboxylic acid groups (broad SMARTS) is 1. The lowest BCUT2D eigenvalue weighted by atomic mass is 10.1. The number of carboxylic acids is 1. The molecule has 0 atom stereocenters. The summed E-state index contributed by atoms with van der Waals surface area (Å²) in [6.07, 6.45) is 4.28. The quantitative estimate of drug-likeness (QED) is 0.482. The number of piperazine rings is 1. The molecule has 1 fully saturated rings. The maximum atomic E-state index is 11.5. The monoisotopic (exact) mass is 355 g/mol.